The van der Waals surface area contributed by atoms with Gasteiger partial charge in [0.15, 0.2) is 9.84 Å². The second-order valence-electron chi connectivity index (χ2n) is 3.29. The molecule has 6 heteroatoms. The van der Waals surface area contributed by atoms with Gasteiger partial charge in [0, 0.05) is 5.33 Å². The number of sulfone groups is 1. The van der Waals surface area contributed by atoms with Crippen LogP contribution in [-0.4, -0.2) is 19.5 Å². The SMILES string of the molecule is O=S(=O)(CCCCBr)c1ccc(Cl)c(Cl)c1. The van der Waals surface area contributed by atoms with E-state index < -0.39 is 9.84 Å². The van der Waals surface area contributed by atoms with E-state index in [2.05, 4.69) is 15.9 Å². The third kappa shape index (κ3) is 3.91. The average molecular weight is 346 g/mol. The van der Waals surface area contributed by atoms with Crippen molar-refractivity contribution >= 4 is 49.0 Å². The van der Waals surface area contributed by atoms with Gasteiger partial charge < -0.3 is 0 Å². The summed E-state index contributed by atoms with van der Waals surface area (Å²) in [5.74, 6) is 0.135. The lowest BCUT2D eigenvalue weighted by molar-refractivity contribution is 0.593. The second-order valence-corrected chi connectivity index (χ2v) is 7.01. The molecule has 0 saturated carbocycles. The highest BCUT2D eigenvalue weighted by molar-refractivity contribution is 9.09. The number of hydrogen-bond acceptors (Lipinski definition) is 2. The highest BCUT2D eigenvalue weighted by atomic mass is 79.9. The molecule has 0 unspecified atom stereocenters. The topological polar surface area (TPSA) is 34.1 Å². The van der Waals surface area contributed by atoms with E-state index in [-0.39, 0.29) is 15.7 Å². The minimum atomic E-state index is -3.24. The molecule has 0 radical (unpaired) electrons. The monoisotopic (exact) mass is 344 g/mol. The minimum absolute atomic E-state index is 0.135. The Morgan fingerprint density at radius 3 is 2.38 bits per heavy atom. The van der Waals surface area contributed by atoms with Gasteiger partial charge in [-0.25, -0.2) is 8.42 Å². The maximum absolute atomic E-state index is 11.9. The van der Waals surface area contributed by atoms with Crippen LogP contribution in [0.1, 0.15) is 12.8 Å². The molecule has 2 nitrogen and oxygen atoms in total. The van der Waals surface area contributed by atoms with E-state index in [1.165, 1.54) is 18.2 Å². The highest BCUT2D eigenvalue weighted by Gasteiger charge is 2.15. The summed E-state index contributed by atoms with van der Waals surface area (Å²) in [6.45, 7) is 0. The van der Waals surface area contributed by atoms with Crippen molar-refractivity contribution in [1.29, 1.82) is 0 Å². The van der Waals surface area contributed by atoms with Crippen LogP contribution >= 0.6 is 39.1 Å². The smallest absolute Gasteiger partial charge is 0.178 e. The molecule has 0 saturated heterocycles. The van der Waals surface area contributed by atoms with E-state index in [4.69, 9.17) is 23.2 Å². The van der Waals surface area contributed by atoms with Crippen LogP contribution in [0.3, 0.4) is 0 Å². The third-order valence-electron chi connectivity index (χ3n) is 2.05. The normalized spacial score (nSPS) is 11.7. The number of rotatable bonds is 5. The maximum atomic E-state index is 11.9. The van der Waals surface area contributed by atoms with Crippen LogP contribution in [0, 0.1) is 0 Å². The van der Waals surface area contributed by atoms with Crippen LogP contribution in [0.25, 0.3) is 0 Å². The van der Waals surface area contributed by atoms with Crippen molar-refractivity contribution in [2.75, 3.05) is 11.1 Å². The van der Waals surface area contributed by atoms with E-state index >= 15 is 0 Å². The lowest BCUT2D eigenvalue weighted by atomic mass is 10.4. The first-order valence-electron chi connectivity index (χ1n) is 4.71. The summed E-state index contributed by atoms with van der Waals surface area (Å²) in [5.41, 5.74) is 0. The molecule has 0 N–H and O–H groups in total. The Morgan fingerprint density at radius 1 is 1.12 bits per heavy atom. The van der Waals surface area contributed by atoms with Gasteiger partial charge >= 0.3 is 0 Å². The zero-order chi connectivity index (χ0) is 12.2. The van der Waals surface area contributed by atoms with Gasteiger partial charge in [0.25, 0.3) is 0 Å². The molecule has 0 amide bonds. The van der Waals surface area contributed by atoms with Crippen molar-refractivity contribution in [3.05, 3.63) is 28.2 Å². The summed E-state index contributed by atoms with van der Waals surface area (Å²) < 4.78 is 23.7. The Bertz CT molecular complexity index is 460. The maximum Gasteiger partial charge on any atom is 0.178 e. The summed E-state index contributed by atoms with van der Waals surface area (Å²) in [6, 6.07) is 4.38. The van der Waals surface area contributed by atoms with Crippen molar-refractivity contribution in [2.24, 2.45) is 0 Å². The van der Waals surface area contributed by atoms with E-state index in [1.807, 2.05) is 0 Å². The summed E-state index contributed by atoms with van der Waals surface area (Å²) in [6.07, 6.45) is 1.47. The Kier molecular flexibility index (Phi) is 5.57. The Morgan fingerprint density at radius 2 is 1.81 bits per heavy atom. The molecule has 1 aromatic rings. The lowest BCUT2D eigenvalue weighted by Crippen LogP contribution is -2.07. The minimum Gasteiger partial charge on any atom is -0.224 e. The molecule has 0 aliphatic rings. The predicted molar refractivity (Wildman–Crippen MR) is 71.5 cm³/mol. The standard InChI is InChI=1S/C10H11BrCl2O2S/c11-5-1-2-6-16(14,15)8-3-4-9(12)10(13)7-8/h3-4,7H,1-2,5-6H2. The summed E-state index contributed by atoms with van der Waals surface area (Å²) in [5, 5.41) is 1.44. The van der Waals surface area contributed by atoms with Crippen molar-refractivity contribution in [3.63, 3.8) is 0 Å². The molecule has 1 aromatic carbocycles. The van der Waals surface area contributed by atoms with Gasteiger partial charge in [-0.15, -0.1) is 0 Å². The molecule has 0 heterocycles. The molecular formula is C10H11BrCl2O2S. The average Bonchev–Trinajstić information content (AvgIpc) is 2.22. The molecule has 16 heavy (non-hydrogen) atoms. The van der Waals surface area contributed by atoms with Gasteiger partial charge in [0.05, 0.1) is 20.7 Å². The van der Waals surface area contributed by atoms with Crippen LogP contribution in [0.15, 0.2) is 23.1 Å². The fourth-order valence-electron chi connectivity index (χ4n) is 1.17. The van der Waals surface area contributed by atoms with Crippen molar-refractivity contribution in [2.45, 2.75) is 17.7 Å². The largest absolute Gasteiger partial charge is 0.224 e. The summed E-state index contributed by atoms with van der Waals surface area (Å²) in [7, 11) is -3.24. The molecule has 0 spiro atoms. The molecule has 0 aromatic heterocycles. The highest BCUT2D eigenvalue weighted by Crippen LogP contribution is 2.25. The molecule has 0 atom stereocenters. The fourth-order valence-corrected chi connectivity index (χ4v) is 3.33. The fraction of sp³-hybridized carbons (Fsp3) is 0.400. The number of benzene rings is 1. The molecular weight excluding hydrogens is 335 g/mol. The van der Waals surface area contributed by atoms with Gasteiger partial charge in [0.2, 0.25) is 0 Å². The first-order chi connectivity index (χ1) is 7.47. The Labute approximate surface area is 114 Å². The first-order valence-corrected chi connectivity index (χ1v) is 8.24. The Balaban J connectivity index is 2.86. The summed E-state index contributed by atoms with van der Waals surface area (Å²) in [4.78, 5) is 0.233. The van der Waals surface area contributed by atoms with E-state index in [0.29, 0.717) is 11.4 Å². The van der Waals surface area contributed by atoms with Gasteiger partial charge in [-0.2, -0.15) is 0 Å². The predicted octanol–water partition coefficient (Wildman–Crippen LogP) is 3.94. The first kappa shape index (κ1) is 14.3. The van der Waals surface area contributed by atoms with Crippen LogP contribution in [0.2, 0.25) is 10.0 Å². The van der Waals surface area contributed by atoms with Crippen LogP contribution in [0.5, 0.6) is 0 Å². The van der Waals surface area contributed by atoms with Gasteiger partial charge in [0.1, 0.15) is 0 Å². The molecule has 1 rings (SSSR count). The van der Waals surface area contributed by atoms with Gasteiger partial charge in [-0.05, 0) is 31.0 Å². The molecule has 0 aliphatic carbocycles. The van der Waals surface area contributed by atoms with Gasteiger partial charge in [-0.1, -0.05) is 39.1 Å². The third-order valence-corrected chi connectivity index (χ3v) is 5.14. The lowest BCUT2D eigenvalue weighted by Gasteiger charge is -2.05. The molecule has 0 aliphatic heterocycles. The van der Waals surface area contributed by atoms with Crippen molar-refractivity contribution in [3.8, 4) is 0 Å². The van der Waals surface area contributed by atoms with Gasteiger partial charge in [-0.3, -0.25) is 0 Å². The van der Waals surface area contributed by atoms with Crippen molar-refractivity contribution < 1.29 is 8.42 Å². The molecule has 90 valence electrons. The Hall–Kier alpha value is 0.230. The molecule has 0 bridgehead atoms. The number of hydrogen-bond donors (Lipinski definition) is 0. The zero-order valence-electron chi connectivity index (χ0n) is 8.42. The van der Waals surface area contributed by atoms with Crippen molar-refractivity contribution in [1.82, 2.24) is 0 Å². The quantitative estimate of drug-likeness (QED) is 0.598. The second kappa shape index (κ2) is 6.24. The van der Waals surface area contributed by atoms with E-state index in [9.17, 15) is 8.42 Å². The van der Waals surface area contributed by atoms with E-state index in [0.717, 1.165) is 11.8 Å². The number of alkyl halides is 1. The summed E-state index contributed by atoms with van der Waals surface area (Å²) >= 11 is 14.8. The molecule has 0 fully saturated rings. The van der Waals surface area contributed by atoms with Crippen LogP contribution in [-0.2, 0) is 9.84 Å². The number of halogens is 3. The zero-order valence-corrected chi connectivity index (χ0v) is 12.3. The van der Waals surface area contributed by atoms with Crippen LogP contribution in [0.4, 0.5) is 0 Å². The van der Waals surface area contributed by atoms with Crippen LogP contribution < -0.4 is 0 Å². The number of unbranched alkanes of at least 4 members (excludes halogenated alkanes) is 1. The van der Waals surface area contributed by atoms with E-state index in [1.54, 1.807) is 0 Å².